The van der Waals surface area contributed by atoms with Gasteiger partial charge in [0, 0.05) is 18.4 Å². The van der Waals surface area contributed by atoms with Crippen molar-refractivity contribution in [3.05, 3.63) is 70.5 Å². The van der Waals surface area contributed by atoms with E-state index in [4.69, 9.17) is 0 Å². The number of amides is 1. The van der Waals surface area contributed by atoms with E-state index in [0.717, 1.165) is 24.9 Å². The lowest BCUT2D eigenvalue weighted by molar-refractivity contribution is -0.143. The van der Waals surface area contributed by atoms with Gasteiger partial charge >= 0.3 is 12.4 Å². The molecule has 2 aromatic rings. The summed E-state index contributed by atoms with van der Waals surface area (Å²) in [5.41, 5.74) is -3.16. The van der Waals surface area contributed by atoms with Gasteiger partial charge < -0.3 is 10.6 Å². The van der Waals surface area contributed by atoms with Gasteiger partial charge in [-0.3, -0.25) is 4.79 Å². The minimum Gasteiger partial charge on any atom is -0.352 e. The summed E-state index contributed by atoms with van der Waals surface area (Å²) in [6.45, 7) is 2.83. The van der Waals surface area contributed by atoms with Crippen LogP contribution in [0, 0.1) is 11.7 Å². The van der Waals surface area contributed by atoms with Crippen molar-refractivity contribution in [1.29, 1.82) is 0 Å². The number of hydrogen-bond acceptors (Lipinski definition) is 2. The van der Waals surface area contributed by atoms with E-state index in [1.807, 2.05) is 6.92 Å². The predicted octanol–water partition coefficient (Wildman–Crippen LogP) is 5.83. The van der Waals surface area contributed by atoms with E-state index in [1.165, 1.54) is 12.1 Å². The zero-order valence-electron chi connectivity index (χ0n) is 18.4. The smallest absolute Gasteiger partial charge is 0.352 e. The highest BCUT2D eigenvalue weighted by atomic mass is 19.4. The maximum atomic E-state index is 13.5. The first-order valence-corrected chi connectivity index (χ1v) is 10.8. The van der Waals surface area contributed by atoms with Gasteiger partial charge in [-0.15, -0.1) is 0 Å². The topological polar surface area (TPSA) is 41.1 Å². The molecule has 1 aliphatic rings. The second kappa shape index (κ2) is 9.93. The van der Waals surface area contributed by atoms with Crippen molar-refractivity contribution in [2.75, 3.05) is 13.1 Å². The van der Waals surface area contributed by atoms with E-state index in [1.54, 1.807) is 12.1 Å². The third kappa shape index (κ3) is 6.28. The van der Waals surface area contributed by atoms with Gasteiger partial charge in [0.05, 0.1) is 11.1 Å². The fourth-order valence-electron chi connectivity index (χ4n) is 4.43. The molecule has 1 saturated heterocycles. The number of piperidine rings is 1. The maximum absolute atomic E-state index is 13.5. The van der Waals surface area contributed by atoms with Crippen LogP contribution >= 0.6 is 0 Å². The quantitative estimate of drug-likeness (QED) is 0.501. The Labute approximate surface area is 192 Å². The average Bonchev–Trinajstić information content (AvgIpc) is 2.77. The van der Waals surface area contributed by atoms with Gasteiger partial charge in [-0.1, -0.05) is 19.1 Å². The third-order valence-corrected chi connectivity index (χ3v) is 6.37. The minimum absolute atomic E-state index is 0.0304. The number of nitrogens with one attached hydrogen (secondary N) is 2. The number of halogens is 7. The molecule has 1 amide bonds. The Bertz CT molecular complexity index is 964. The minimum atomic E-state index is -4.96. The second-order valence-corrected chi connectivity index (χ2v) is 8.84. The number of benzene rings is 2. The normalized spacial score (nSPS) is 18.9. The van der Waals surface area contributed by atoms with E-state index < -0.39 is 47.2 Å². The SMILES string of the molecule is CC(CC(=O)NCc1cc(C(F)(F)F)cc(C(F)(F)F)c1)(c1ccc(F)cc1)C1CCCNC1. The second-order valence-electron chi connectivity index (χ2n) is 8.84. The van der Waals surface area contributed by atoms with Crippen molar-refractivity contribution in [3.8, 4) is 0 Å². The molecule has 2 aromatic carbocycles. The van der Waals surface area contributed by atoms with Crippen LogP contribution in [-0.4, -0.2) is 19.0 Å². The summed E-state index contributed by atoms with van der Waals surface area (Å²) in [5.74, 6) is -0.923. The van der Waals surface area contributed by atoms with E-state index >= 15 is 0 Å². The Morgan fingerprint density at radius 1 is 0.971 bits per heavy atom. The average molecular weight is 490 g/mol. The standard InChI is InChI=1S/C24H25F7N2O/c1-22(17-3-2-8-32-14-17,16-4-6-20(25)7-5-16)12-21(34)33-13-15-9-18(23(26,27)28)11-19(10-15)24(29,30)31/h4-7,9-11,17,32H,2-3,8,12-14H2,1H3,(H,33,34). The summed E-state index contributed by atoms with van der Waals surface area (Å²) in [6, 6.07) is 7.03. The Balaban J connectivity index is 1.80. The largest absolute Gasteiger partial charge is 0.416 e. The molecule has 1 fully saturated rings. The molecule has 1 heterocycles. The first-order valence-electron chi connectivity index (χ1n) is 10.8. The molecule has 34 heavy (non-hydrogen) atoms. The predicted molar refractivity (Wildman–Crippen MR) is 112 cm³/mol. The van der Waals surface area contributed by atoms with Crippen molar-refractivity contribution in [2.45, 2.75) is 50.5 Å². The van der Waals surface area contributed by atoms with Gasteiger partial charge in [0.15, 0.2) is 0 Å². The highest BCUT2D eigenvalue weighted by Gasteiger charge is 2.39. The summed E-state index contributed by atoms with van der Waals surface area (Å²) in [4.78, 5) is 12.8. The molecule has 0 radical (unpaired) electrons. The van der Waals surface area contributed by atoms with Crippen molar-refractivity contribution < 1.29 is 35.5 Å². The third-order valence-electron chi connectivity index (χ3n) is 6.37. The molecule has 2 atom stereocenters. The molecule has 1 aliphatic heterocycles. The van der Waals surface area contributed by atoms with Gasteiger partial charge in [-0.05, 0) is 73.3 Å². The molecule has 0 aliphatic carbocycles. The van der Waals surface area contributed by atoms with Crippen LogP contribution in [0.3, 0.4) is 0 Å². The monoisotopic (exact) mass is 490 g/mol. The maximum Gasteiger partial charge on any atom is 0.416 e. The lowest BCUT2D eigenvalue weighted by Crippen LogP contribution is -2.45. The van der Waals surface area contributed by atoms with Crippen LogP contribution in [0.4, 0.5) is 30.7 Å². The lowest BCUT2D eigenvalue weighted by atomic mass is 9.67. The molecule has 3 rings (SSSR count). The van der Waals surface area contributed by atoms with Crippen molar-refractivity contribution >= 4 is 5.91 Å². The Morgan fingerprint density at radius 3 is 2.06 bits per heavy atom. The highest BCUT2D eigenvalue weighted by Crippen LogP contribution is 2.39. The van der Waals surface area contributed by atoms with Gasteiger partial charge in [0.2, 0.25) is 5.91 Å². The Hall–Kier alpha value is -2.62. The molecule has 0 bridgehead atoms. The van der Waals surface area contributed by atoms with Crippen LogP contribution in [-0.2, 0) is 29.1 Å². The summed E-state index contributed by atoms with van der Waals surface area (Å²) >= 11 is 0. The molecule has 2 unspecified atom stereocenters. The van der Waals surface area contributed by atoms with Crippen LogP contribution in [0.5, 0.6) is 0 Å². The lowest BCUT2D eigenvalue weighted by Gasteiger charge is -2.40. The van der Waals surface area contributed by atoms with Crippen LogP contribution in [0.1, 0.15) is 48.4 Å². The molecule has 0 saturated carbocycles. The summed E-state index contributed by atoms with van der Waals surface area (Å²) in [6.07, 6.45) is -8.29. The van der Waals surface area contributed by atoms with Crippen LogP contribution in [0.2, 0.25) is 0 Å². The molecule has 10 heteroatoms. The van der Waals surface area contributed by atoms with E-state index in [0.29, 0.717) is 18.7 Å². The Morgan fingerprint density at radius 2 is 1.56 bits per heavy atom. The van der Waals surface area contributed by atoms with Crippen LogP contribution < -0.4 is 10.6 Å². The molecule has 0 spiro atoms. The van der Waals surface area contributed by atoms with Gasteiger partial charge in [-0.25, -0.2) is 4.39 Å². The molecule has 0 aromatic heterocycles. The number of carbonyl (C=O) groups is 1. The van der Waals surface area contributed by atoms with Gasteiger partial charge in [-0.2, -0.15) is 26.3 Å². The summed E-state index contributed by atoms with van der Waals surface area (Å²) in [5, 5.41) is 5.74. The number of rotatable bonds is 6. The van der Waals surface area contributed by atoms with Gasteiger partial charge in [0.25, 0.3) is 0 Å². The van der Waals surface area contributed by atoms with Crippen molar-refractivity contribution in [1.82, 2.24) is 10.6 Å². The van der Waals surface area contributed by atoms with Crippen LogP contribution in [0.25, 0.3) is 0 Å². The first kappa shape index (κ1) is 26.0. The Kier molecular flexibility index (Phi) is 7.59. The number of hydrogen-bond donors (Lipinski definition) is 2. The number of alkyl halides is 6. The molecular weight excluding hydrogens is 465 g/mol. The fraction of sp³-hybridized carbons (Fsp3) is 0.458. The summed E-state index contributed by atoms with van der Waals surface area (Å²) < 4.78 is 92.0. The molecule has 186 valence electrons. The van der Waals surface area contributed by atoms with E-state index in [9.17, 15) is 35.5 Å². The highest BCUT2D eigenvalue weighted by molar-refractivity contribution is 5.77. The first-order chi connectivity index (χ1) is 15.8. The van der Waals surface area contributed by atoms with Gasteiger partial charge in [0.1, 0.15) is 5.82 Å². The molecule has 3 nitrogen and oxygen atoms in total. The van der Waals surface area contributed by atoms with Crippen LogP contribution in [0.15, 0.2) is 42.5 Å². The number of carbonyl (C=O) groups excluding carboxylic acids is 1. The summed E-state index contributed by atoms with van der Waals surface area (Å²) in [7, 11) is 0. The molecular formula is C24H25F7N2O. The van der Waals surface area contributed by atoms with Crippen molar-refractivity contribution in [2.24, 2.45) is 5.92 Å². The molecule has 2 N–H and O–H groups in total. The zero-order valence-corrected chi connectivity index (χ0v) is 18.4. The van der Waals surface area contributed by atoms with Crippen molar-refractivity contribution in [3.63, 3.8) is 0 Å². The van der Waals surface area contributed by atoms with E-state index in [-0.39, 0.29) is 24.0 Å². The van der Waals surface area contributed by atoms with E-state index in [2.05, 4.69) is 10.6 Å². The zero-order chi connectivity index (χ0) is 25.1. The fourth-order valence-corrected chi connectivity index (χ4v) is 4.43.